The third-order valence-corrected chi connectivity index (χ3v) is 3.44. The number of carbonyl (C=O) groups is 1. The van der Waals surface area contributed by atoms with E-state index in [1.165, 1.54) is 0 Å². The van der Waals surface area contributed by atoms with Gasteiger partial charge in [0.25, 0.3) is 5.91 Å². The van der Waals surface area contributed by atoms with Crippen LogP contribution in [0.4, 0.5) is 0 Å². The summed E-state index contributed by atoms with van der Waals surface area (Å²) in [5.41, 5.74) is 2.02. The van der Waals surface area contributed by atoms with Crippen molar-refractivity contribution in [3.8, 4) is 5.75 Å². The van der Waals surface area contributed by atoms with Gasteiger partial charge in [-0.25, -0.2) is 4.98 Å². The summed E-state index contributed by atoms with van der Waals surface area (Å²) in [6.07, 6.45) is 1.58. The number of nitrogens with zero attached hydrogens (tertiary/aromatic N) is 2. The fourth-order valence-electron chi connectivity index (χ4n) is 2.30. The minimum Gasteiger partial charge on any atom is -0.504 e. The smallest absolute Gasteiger partial charge is 0.274 e. The molecule has 0 bridgehead atoms. The molecule has 1 aromatic carbocycles. The molecule has 2 N–H and O–H groups in total. The van der Waals surface area contributed by atoms with Crippen molar-refractivity contribution in [1.29, 1.82) is 0 Å². The van der Waals surface area contributed by atoms with Crippen LogP contribution in [0.15, 0.2) is 48.7 Å². The minimum atomic E-state index is -0.419. The van der Waals surface area contributed by atoms with E-state index in [-0.39, 0.29) is 11.4 Å². The maximum Gasteiger partial charge on any atom is 0.274 e. The van der Waals surface area contributed by atoms with Gasteiger partial charge >= 0.3 is 0 Å². The van der Waals surface area contributed by atoms with Gasteiger partial charge in [-0.15, -0.1) is 0 Å². The quantitative estimate of drug-likeness (QED) is 0.778. The molecule has 5 nitrogen and oxygen atoms in total. The summed E-state index contributed by atoms with van der Waals surface area (Å²) < 4.78 is 0. The van der Waals surface area contributed by atoms with Crippen molar-refractivity contribution >= 4 is 16.8 Å². The molecule has 2 heterocycles. The number of aromatic hydroxyl groups is 1. The SMILES string of the molecule is Cc1nc(C(=O)NCc2ccccc2)c(O)c2ncccc12. The Morgan fingerprint density at radius 1 is 1.18 bits per heavy atom. The van der Waals surface area contributed by atoms with E-state index in [0.29, 0.717) is 17.8 Å². The van der Waals surface area contributed by atoms with Gasteiger partial charge in [-0.05, 0) is 24.6 Å². The number of fused-ring (bicyclic) bond motifs is 1. The lowest BCUT2D eigenvalue weighted by molar-refractivity contribution is 0.0943. The molecular weight excluding hydrogens is 278 g/mol. The van der Waals surface area contributed by atoms with E-state index in [2.05, 4.69) is 15.3 Å². The van der Waals surface area contributed by atoms with Gasteiger partial charge < -0.3 is 10.4 Å². The maximum absolute atomic E-state index is 12.3. The van der Waals surface area contributed by atoms with Crippen LogP contribution in [0.3, 0.4) is 0 Å². The summed E-state index contributed by atoms with van der Waals surface area (Å²) in [6, 6.07) is 13.1. The number of rotatable bonds is 3. The average Bonchev–Trinajstić information content (AvgIpc) is 2.57. The van der Waals surface area contributed by atoms with Crippen molar-refractivity contribution in [3.05, 3.63) is 65.6 Å². The van der Waals surface area contributed by atoms with Crippen molar-refractivity contribution in [3.63, 3.8) is 0 Å². The first-order chi connectivity index (χ1) is 10.7. The zero-order valence-corrected chi connectivity index (χ0v) is 12.1. The van der Waals surface area contributed by atoms with Gasteiger partial charge in [-0.1, -0.05) is 30.3 Å². The van der Waals surface area contributed by atoms with E-state index in [0.717, 1.165) is 10.9 Å². The second kappa shape index (κ2) is 5.81. The number of benzene rings is 1. The van der Waals surface area contributed by atoms with Crippen LogP contribution in [-0.2, 0) is 6.54 Å². The highest BCUT2D eigenvalue weighted by Gasteiger charge is 2.18. The molecular formula is C17H15N3O2. The molecule has 0 aliphatic carbocycles. The summed E-state index contributed by atoms with van der Waals surface area (Å²) in [4.78, 5) is 20.6. The minimum absolute atomic E-state index is 0.000342. The molecule has 0 fully saturated rings. The topological polar surface area (TPSA) is 75.1 Å². The van der Waals surface area contributed by atoms with Crippen LogP contribution >= 0.6 is 0 Å². The van der Waals surface area contributed by atoms with Gasteiger partial charge in [0.15, 0.2) is 11.4 Å². The number of nitrogens with one attached hydrogen (secondary N) is 1. The lowest BCUT2D eigenvalue weighted by Gasteiger charge is -2.09. The predicted molar refractivity (Wildman–Crippen MR) is 83.6 cm³/mol. The van der Waals surface area contributed by atoms with Crippen LogP contribution in [0, 0.1) is 6.92 Å². The molecule has 1 amide bonds. The van der Waals surface area contributed by atoms with E-state index in [1.807, 2.05) is 36.4 Å². The largest absolute Gasteiger partial charge is 0.504 e. The van der Waals surface area contributed by atoms with Crippen LogP contribution < -0.4 is 5.32 Å². The van der Waals surface area contributed by atoms with Crippen LogP contribution in [0.5, 0.6) is 5.75 Å². The number of hydrogen-bond donors (Lipinski definition) is 2. The summed E-state index contributed by atoms with van der Waals surface area (Å²) >= 11 is 0. The van der Waals surface area contributed by atoms with Crippen LogP contribution in [-0.4, -0.2) is 21.0 Å². The molecule has 0 saturated heterocycles. The number of aryl methyl sites for hydroxylation is 1. The summed E-state index contributed by atoms with van der Waals surface area (Å²) in [7, 11) is 0. The monoisotopic (exact) mass is 293 g/mol. The van der Waals surface area contributed by atoms with E-state index >= 15 is 0 Å². The van der Waals surface area contributed by atoms with Crippen molar-refractivity contribution < 1.29 is 9.90 Å². The molecule has 0 aliphatic rings. The van der Waals surface area contributed by atoms with Gasteiger partial charge in [-0.3, -0.25) is 9.78 Å². The average molecular weight is 293 g/mol. The standard InChI is InChI=1S/C17H15N3O2/c1-11-13-8-5-9-18-14(13)16(21)15(20-11)17(22)19-10-12-6-3-2-4-7-12/h2-9,21H,10H2,1H3,(H,19,22). The van der Waals surface area contributed by atoms with Crippen molar-refractivity contribution in [2.45, 2.75) is 13.5 Å². The summed E-state index contributed by atoms with van der Waals surface area (Å²) in [5, 5.41) is 13.8. The molecule has 3 aromatic rings. The Labute approximate surface area is 127 Å². The van der Waals surface area contributed by atoms with Crippen molar-refractivity contribution in [2.24, 2.45) is 0 Å². The molecule has 0 aliphatic heterocycles. The van der Waals surface area contributed by atoms with Crippen LogP contribution in [0.2, 0.25) is 0 Å². The Morgan fingerprint density at radius 2 is 1.95 bits per heavy atom. The van der Waals surface area contributed by atoms with E-state index in [4.69, 9.17) is 0 Å². The van der Waals surface area contributed by atoms with Crippen LogP contribution in [0.1, 0.15) is 21.7 Å². The first kappa shape index (κ1) is 14.0. The fourth-order valence-corrected chi connectivity index (χ4v) is 2.30. The van der Waals surface area contributed by atoms with Crippen molar-refractivity contribution in [1.82, 2.24) is 15.3 Å². The van der Waals surface area contributed by atoms with Gasteiger partial charge in [-0.2, -0.15) is 0 Å². The zero-order chi connectivity index (χ0) is 15.5. The maximum atomic E-state index is 12.3. The molecule has 0 radical (unpaired) electrons. The Morgan fingerprint density at radius 3 is 2.73 bits per heavy atom. The molecule has 5 heteroatoms. The normalized spacial score (nSPS) is 10.6. The predicted octanol–water partition coefficient (Wildman–Crippen LogP) is 2.57. The molecule has 2 aromatic heterocycles. The first-order valence-electron chi connectivity index (χ1n) is 6.93. The second-order valence-electron chi connectivity index (χ2n) is 4.96. The fraction of sp³-hybridized carbons (Fsp3) is 0.118. The Hall–Kier alpha value is -2.95. The molecule has 3 rings (SSSR count). The summed E-state index contributed by atoms with van der Waals surface area (Å²) in [5.74, 6) is -0.608. The lowest BCUT2D eigenvalue weighted by Crippen LogP contribution is -2.24. The van der Waals surface area contributed by atoms with Gasteiger partial charge in [0.05, 0.1) is 0 Å². The molecule has 0 saturated carbocycles. The van der Waals surface area contributed by atoms with Crippen LogP contribution in [0.25, 0.3) is 10.9 Å². The number of carbonyl (C=O) groups excluding carboxylic acids is 1. The molecule has 22 heavy (non-hydrogen) atoms. The van der Waals surface area contributed by atoms with E-state index in [9.17, 15) is 9.90 Å². The Kier molecular flexibility index (Phi) is 3.70. The van der Waals surface area contributed by atoms with Gasteiger partial charge in [0.1, 0.15) is 5.52 Å². The Balaban J connectivity index is 1.89. The zero-order valence-electron chi connectivity index (χ0n) is 12.1. The first-order valence-corrected chi connectivity index (χ1v) is 6.93. The third-order valence-electron chi connectivity index (χ3n) is 3.44. The highest BCUT2D eigenvalue weighted by molar-refractivity contribution is 6.00. The van der Waals surface area contributed by atoms with E-state index < -0.39 is 5.91 Å². The number of aromatic nitrogens is 2. The third kappa shape index (κ3) is 2.61. The van der Waals surface area contributed by atoms with E-state index in [1.54, 1.807) is 19.2 Å². The molecule has 110 valence electrons. The molecule has 0 unspecified atom stereocenters. The second-order valence-corrected chi connectivity index (χ2v) is 4.96. The Bertz CT molecular complexity index is 832. The highest BCUT2D eigenvalue weighted by atomic mass is 16.3. The summed E-state index contributed by atoms with van der Waals surface area (Å²) in [6.45, 7) is 2.16. The van der Waals surface area contributed by atoms with Gasteiger partial charge in [0.2, 0.25) is 0 Å². The number of hydrogen-bond acceptors (Lipinski definition) is 4. The molecule has 0 spiro atoms. The highest BCUT2D eigenvalue weighted by Crippen LogP contribution is 2.27. The number of pyridine rings is 2. The van der Waals surface area contributed by atoms with Crippen molar-refractivity contribution in [2.75, 3.05) is 0 Å². The lowest BCUT2D eigenvalue weighted by atomic mass is 10.1. The number of amides is 1. The van der Waals surface area contributed by atoms with Gasteiger partial charge in [0, 0.05) is 23.8 Å². The molecule has 0 atom stereocenters.